The summed E-state index contributed by atoms with van der Waals surface area (Å²) in [6.07, 6.45) is -2.99. The van der Waals surface area contributed by atoms with Gasteiger partial charge in [0.1, 0.15) is 0 Å². The van der Waals surface area contributed by atoms with E-state index in [4.69, 9.17) is 17.3 Å². The topological polar surface area (TPSA) is 58.4 Å². The van der Waals surface area contributed by atoms with Crippen LogP contribution in [-0.4, -0.2) is 19.0 Å². The van der Waals surface area contributed by atoms with Crippen LogP contribution < -0.4 is 16.0 Å². The van der Waals surface area contributed by atoms with Gasteiger partial charge in [0.15, 0.2) is 0 Å². The number of hydrogen-bond donors (Lipinski definition) is 2. The first-order valence-corrected chi connectivity index (χ1v) is 8.43. The zero-order chi connectivity index (χ0) is 18.9. The van der Waals surface area contributed by atoms with E-state index in [2.05, 4.69) is 5.32 Å². The summed E-state index contributed by atoms with van der Waals surface area (Å²) in [5.74, 6) is -0.570. The van der Waals surface area contributed by atoms with Gasteiger partial charge in [0.2, 0.25) is 5.91 Å². The molecule has 1 heterocycles. The van der Waals surface area contributed by atoms with Crippen LogP contribution in [0.3, 0.4) is 0 Å². The summed E-state index contributed by atoms with van der Waals surface area (Å²) in [6.45, 7) is 0.539. The van der Waals surface area contributed by atoms with E-state index in [9.17, 15) is 18.0 Å². The van der Waals surface area contributed by atoms with Crippen LogP contribution in [0.1, 0.15) is 17.5 Å². The average Bonchev–Trinajstić information content (AvgIpc) is 2.56. The minimum absolute atomic E-state index is 0. The van der Waals surface area contributed by atoms with Gasteiger partial charge in [-0.05, 0) is 42.7 Å². The molecule has 0 radical (unpaired) electrons. The third kappa shape index (κ3) is 4.59. The highest BCUT2D eigenvalue weighted by Crippen LogP contribution is 2.38. The van der Waals surface area contributed by atoms with E-state index in [-0.39, 0.29) is 24.0 Å². The van der Waals surface area contributed by atoms with Gasteiger partial charge in [0.05, 0.1) is 22.8 Å². The number of hydrogen-bond acceptors (Lipinski definition) is 3. The van der Waals surface area contributed by atoms with E-state index in [1.165, 1.54) is 12.1 Å². The number of nitrogens with two attached hydrogens (primary N) is 1. The van der Waals surface area contributed by atoms with Gasteiger partial charge in [-0.2, -0.15) is 13.2 Å². The van der Waals surface area contributed by atoms with Gasteiger partial charge in [-0.3, -0.25) is 4.79 Å². The van der Waals surface area contributed by atoms with Gasteiger partial charge in [-0.15, -0.1) is 12.4 Å². The van der Waals surface area contributed by atoms with Gasteiger partial charge in [-0.25, -0.2) is 0 Å². The largest absolute Gasteiger partial charge is 0.418 e. The van der Waals surface area contributed by atoms with Crippen molar-refractivity contribution in [3.05, 3.63) is 52.5 Å². The SMILES string of the molecule is Cl.Nc1cccc2c1CCCN2CC(=O)Nc1c(Cl)cccc1C(F)(F)F. The molecule has 9 heteroatoms. The third-order valence-electron chi connectivity index (χ3n) is 4.30. The van der Waals surface area contributed by atoms with Gasteiger partial charge >= 0.3 is 6.18 Å². The van der Waals surface area contributed by atoms with E-state index < -0.39 is 23.3 Å². The van der Waals surface area contributed by atoms with Crippen molar-refractivity contribution in [2.24, 2.45) is 0 Å². The Bertz CT molecular complexity index is 843. The van der Waals surface area contributed by atoms with E-state index in [0.29, 0.717) is 12.2 Å². The number of halogens is 5. The average molecular weight is 420 g/mol. The Morgan fingerprint density at radius 3 is 2.63 bits per heavy atom. The summed E-state index contributed by atoms with van der Waals surface area (Å²) in [7, 11) is 0. The number of rotatable bonds is 3. The summed E-state index contributed by atoms with van der Waals surface area (Å²) < 4.78 is 39.4. The minimum atomic E-state index is -4.61. The molecule has 3 rings (SSSR count). The second-order valence-electron chi connectivity index (χ2n) is 6.08. The molecule has 0 aromatic heterocycles. The van der Waals surface area contributed by atoms with Crippen LogP contribution >= 0.6 is 24.0 Å². The fourth-order valence-electron chi connectivity index (χ4n) is 3.13. The first kappa shape index (κ1) is 21.2. The lowest BCUT2D eigenvalue weighted by atomic mass is 10.00. The van der Waals surface area contributed by atoms with Crippen LogP contribution in [-0.2, 0) is 17.4 Å². The molecule has 1 aliphatic rings. The standard InChI is InChI=1S/C18H17ClF3N3O.ClH/c19-13-6-1-5-12(18(20,21)22)17(13)24-16(26)10-25-9-3-4-11-14(23)7-2-8-15(11)25;/h1-2,5-8H,3-4,9-10,23H2,(H,24,26);1H. The Morgan fingerprint density at radius 1 is 1.22 bits per heavy atom. The minimum Gasteiger partial charge on any atom is -0.398 e. The molecule has 2 aromatic rings. The second kappa shape index (κ2) is 8.27. The van der Waals surface area contributed by atoms with Crippen LogP contribution in [0.15, 0.2) is 36.4 Å². The van der Waals surface area contributed by atoms with Crippen LogP contribution in [0, 0.1) is 0 Å². The Morgan fingerprint density at radius 2 is 1.93 bits per heavy atom. The number of anilines is 3. The molecule has 146 valence electrons. The first-order chi connectivity index (χ1) is 12.3. The molecule has 0 unspecified atom stereocenters. The van der Waals surface area contributed by atoms with Crippen molar-refractivity contribution < 1.29 is 18.0 Å². The van der Waals surface area contributed by atoms with Crippen molar-refractivity contribution in [1.29, 1.82) is 0 Å². The molecule has 0 aliphatic carbocycles. The summed E-state index contributed by atoms with van der Waals surface area (Å²) in [5.41, 5.74) is 7.03. The molecule has 27 heavy (non-hydrogen) atoms. The smallest absolute Gasteiger partial charge is 0.398 e. The number of benzene rings is 2. The van der Waals surface area contributed by atoms with Gasteiger partial charge in [0.25, 0.3) is 0 Å². The van der Waals surface area contributed by atoms with Gasteiger partial charge < -0.3 is 16.0 Å². The van der Waals surface area contributed by atoms with Crippen LogP contribution in [0.25, 0.3) is 0 Å². The molecule has 3 N–H and O–H groups in total. The van der Waals surface area contributed by atoms with E-state index in [0.717, 1.165) is 30.2 Å². The molecule has 0 saturated carbocycles. The number of carbonyl (C=O) groups excluding carboxylic acids is 1. The number of alkyl halides is 3. The van der Waals surface area contributed by atoms with Crippen molar-refractivity contribution in [3.63, 3.8) is 0 Å². The number of nitrogens with one attached hydrogen (secondary N) is 1. The third-order valence-corrected chi connectivity index (χ3v) is 4.62. The number of para-hydroxylation sites is 1. The Labute approximate surface area is 165 Å². The fraction of sp³-hybridized carbons (Fsp3) is 0.278. The molecule has 0 fully saturated rings. The maximum absolute atomic E-state index is 13.1. The van der Waals surface area contributed by atoms with Crippen molar-refractivity contribution in [3.8, 4) is 0 Å². The molecular formula is C18H18Cl2F3N3O. The van der Waals surface area contributed by atoms with E-state index >= 15 is 0 Å². The molecule has 2 aromatic carbocycles. The van der Waals surface area contributed by atoms with Gasteiger partial charge in [0, 0.05) is 17.9 Å². The van der Waals surface area contributed by atoms with Crippen LogP contribution in [0.5, 0.6) is 0 Å². The van der Waals surface area contributed by atoms with E-state index in [1.54, 1.807) is 12.1 Å². The highest BCUT2D eigenvalue weighted by atomic mass is 35.5. The second-order valence-corrected chi connectivity index (χ2v) is 6.49. The number of nitrogens with zero attached hydrogens (tertiary/aromatic N) is 1. The van der Waals surface area contributed by atoms with Crippen molar-refractivity contribution >= 4 is 47.0 Å². The quantitative estimate of drug-likeness (QED) is 0.705. The lowest BCUT2D eigenvalue weighted by molar-refractivity contribution is -0.137. The van der Waals surface area contributed by atoms with Crippen LogP contribution in [0.2, 0.25) is 5.02 Å². The number of amides is 1. The molecule has 1 amide bonds. The maximum atomic E-state index is 13.1. The maximum Gasteiger partial charge on any atom is 0.418 e. The van der Waals surface area contributed by atoms with Crippen LogP contribution in [0.4, 0.5) is 30.2 Å². The molecule has 0 bridgehead atoms. The van der Waals surface area contributed by atoms with Crippen molar-refractivity contribution in [1.82, 2.24) is 0 Å². The molecule has 0 atom stereocenters. The lowest BCUT2D eigenvalue weighted by Gasteiger charge is -2.31. The first-order valence-electron chi connectivity index (χ1n) is 8.05. The van der Waals surface area contributed by atoms with E-state index in [1.807, 2.05) is 11.0 Å². The Balaban J connectivity index is 0.00000261. The Hall–Kier alpha value is -2.12. The number of carbonyl (C=O) groups is 1. The summed E-state index contributed by atoms with van der Waals surface area (Å²) in [5, 5.41) is 2.16. The fourth-order valence-corrected chi connectivity index (χ4v) is 3.35. The molecular weight excluding hydrogens is 402 g/mol. The van der Waals surface area contributed by atoms with Crippen molar-refractivity contribution in [2.75, 3.05) is 29.0 Å². The highest BCUT2D eigenvalue weighted by Gasteiger charge is 2.35. The lowest BCUT2D eigenvalue weighted by Crippen LogP contribution is -2.37. The summed E-state index contributed by atoms with van der Waals surface area (Å²) in [6, 6.07) is 8.84. The number of nitrogen functional groups attached to an aromatic ring is 1. The predicted octanol–water partition coefficient (Wildman–Crippen LogP) is 4.75. The van der Waals surface area contributed by atoms with Crippen molar-refractivity contribution in [2.45, 2.75) is 19.0 Å². The summed E-state index contributed by atoms with van der Waals surface area (Å²) >= 11 is 5.88. The summed E-state index contributed by atoms with van der Waals surface area (Å²) in [4.78, 5) is 14.2. The molecule has 0 saturated heterocycles. The van der Waals surface area contributed by atoms with Gasteiger partial charge in [-0.1, -0.05) is 23.7 Å². The zero-order valence-corrected chi connectivity index (χ0v) is 15.7. The highest BCUT2D eigenvalue weighted by molar-refractivity contribution is 6.34. The normalized spacial score (nSPS) is 13.6. The Kier molecular flexibility index (Phi) is 6.49. The molecule has 1 aliphatic heterocycles. The monoisotopic (exact) mass is 419 g/mol. The zero-order valence-electron chi connectivity index (χ0n) is 14.1. The number of fused-ring (bicyclic) bond motifs is 1. The molecule has 0 spiro atoms. The molecule has 4 nitrogen and oxygen atoms in total. The predicted molar refractivity (Wildman–Crippen MR) is 104 cm³/mol.